The third-order valence-electron chi connectivity index (χ3n) is 4.28. The molecule has 0 bridgehead atoms. The number of aromatic nitrogens is 3. The number of urea groups is 1. The van der Waals surface area contributed by atoms with Gasteiger partial charge in [0, 0.05) is 28.9 Å². The SMILES string of the molecule is Cc1csc([C@@H](NC(=O)N[C@H](C)c2cnn(C(C)C)c2)C2CC2)n1. The van der Waals surface area contributed by atoms with Crippen molar-refractivity contribution in [3.8, 4) is 0 Å². The second kappa shape index (κ2) is 6.93. The lowest BCUT2D eigenvalue weighted by molar-refractivity contribution is 0.232. The molecule has 1 aliphatic rings. The molecule has 24 heavy (non-hydrogen) atoms. The zero-order chi connectivity index (χ0) is 17.3. The number of nitrogens with zero attached hydrogens (tertiary/aromatic N) is 3. The number of thiazole rings is 1. The molecule has 1 saturated carbocycles. The zero-order valence-electron chi connectivity index (χ0n) is 14.6. The molecular weight excluding hydrogens is 322 g/mol. The van der Waals surface area contributed by atoms with Gasteiger partial charge in [-0.2, -0.15) is 5.10 Å². The van der Waals surface area contributed by atoms with Crippen molar-refractivity contribution >= 4 is 17.4 Å². The van der Waals surface area contributed by atoms with Crippen LogP contribution in [-0.2, 0) is 0 Å². The molecule has 2 aromatic rings. The van der Waals surface area contributed by atoms with Gasteiger partial charge < -0.3 is 10.6 Å². The summed E-state index contributed by atoms with van der Waals surface area (Å²) < 4.78 is 1.90. The Balaban J connectivity index is 1.61. The van der Waals surface area contributed by atoms with Crippen LogP contribution in [0.25, 0.3) is 0 Å². The number of hydrogen-bond donors (Lipinski definition) is 2. The van der Waals surface area contributed by atoms with Crippen LogP contribution in [0, 0.1) is 12.8 Å². The van der Waals surface area contributed by atoms with Gasteiger partial charge in [0.15, 0.2) is 0 Å². The summed E-state index contributed by atoms with van der Waals surface area (Å²) in [5.41, 5.74) is 2.02. The summed E-state index contributed by atoms with van der Waals surface area (Å²) in [6.07, 6.45) is 6.10. The summed E-state index contributed by atoms with van der Waals surface area (Å²) in [6, 6.07) is 0.0985. The van der Waals surface area contributed by atoms with Gasteiger partial charge >= 0.3 is 6.03 Å². The van der Waals surface area contributed by atoms with E-state index < -0.39 is 0 Å². The number of amides is 2. The Labute approximate surface area is 146 Å². The Morgan fingerprint density at radius 3 is 2.62 bits per heavy atom. The Morgan fingerprint density at radius 2 is 2.08 bits per heavy atom. The smallest absolute Gasteiger partial charge is 0.315 e. The quantitative estimate of drug-likeness (QED) is 0.836. The van der Waals surface area contributed by atoms with Gasteiger partial charge in [-0.1, -0.05) is 0 Å². The van der Waals surface area contributed by atoms with Gasteiger partial charge in [0.2, 0.25) is 0 Å². The van der Waals surface area contributed by atoms with E-state index in [1.807, 2.05) is 36.3 Å². The maximum atomic E-state index is 12.4. The lowest BCUT2D eigenvalue weighted by Gasteiger charge is -2.19. The van der Waals surface area contributed by atoms with Crippen LogP contribution in [0.1, 0.15) is 68.0 Å². The molecule has 0 radical (unpaired) electrons. The van der Waals surface area contributed by atoms with Crippen LogP contribution in [0.4, 0.5) is 4.79 Å². The van der Waals surface area contributed by atoms with Crippen molar-refractivity contribution in [3.63, 3.8) is 0 Å². The lowest BCUT2D eigenvalue weighted by atomic mass is 10.2. The van der Waals surface area contributed by atoms with Gasteiger partial charge in [0.25, 0.3) is 0 Å². The zero-order valence-corrected chi connectivity index (χ0v) is 15.4. The van der Waals surface area contributed by atoms with E-state index in [1.165, 1.54) is 0 Å². The van der Waals surface area contributed by atoms with Crippen molar-refractivity contribution in [1.82, 2.24) is 25.4 Å². The third-order valence-corrected chi connectivity index (χ3v) is 5.33. The lowest BCUT2D eigenvalue weighted by Crippen LogP contribution is -2.39. The van der Waals surface area contributed by atoms with E-state index in [9.17, 15) is 4.79 Å². The fourth-order valence-corrected chi connectivity index (χ4v) is 3.59. The molecular formula is C17H25N5OS. The molecule has 6 nitrogen and oxygen atoms in total. The van der Waals surface area contributed by atoms with E-state index in [0.29, 0.717) is 12.0 Å². The second-order valence-electron chi connectivity index (χ2n) is 6.83. The van der Waals surface area contributed by atoms with Crippen LogP contribution < -0.4 is 10.6 Å². The summed E-state index contributed by atoms with van der Waals surface area (Å²) in [6.45, 7) is 8.12. The van der Waals surface area contributed by atoms with Crippen molar-refractivity contribution in [1.29, 1.82) is 0 Å². The van der Waals surface area contributed by atoms with Gasteiger partial charge in [-0.15, -0.1) is 11.3 Å². The van der Waals surface area contributed by atoms with Crippen molar-refractivity contribution < 1.29 is 4.79 Å². The topological polar surface area (TPSA) is 71.8 Å². The monoisotopic (exact) mass is 347 g/mol. The van der Waals surface area contributed by atoms with E-state index in [-0.39, 0.29) is 18.1 Å². The minimum atomic E-state index is -0.149. The second-order valence-corrected chi connectivity index (χ2v) is 7.72. The molecule has 3 rings (SSSR count). The van der Waals surface area contributed by atoms with Gasteiger partial charge in [-0.05, 0) is 46.5 Å². The Hall–Kier alpha value is -1.89. The third kappa shape index (κ3) is 3.95. The fraction of sp³-hybridized carbons (Fsp3) is 0.588. The molecule has 0 unspecified atom stereocenters. The summed E-state index contributed by atoms with van der Waals surface area (Å²) in [7, 11) is 0. The van der Waals surface area contributed by atoms with Crippen LogP contribution in [0.3, 0.4) is 0 Å². The van der Waals surface area contributed by atoms with E-state index in [0.717, 1.165) is 29.1 Å². The van der Waals surface area contributed by atoms with E-state index in [4.69, 9.17) is 0 Å². The molecule has 2 heterocycles. The van der Waals surface area contributed by atoms with E-state index in [2.05, 4.69) is 34.6 Å². The number of hydrogen-bond acceptors (Lipinski definition) is 4. The van der Waals surface area contributed by atoms with Crippen LogP contribution in [0.2, 0.25) is 0 Å². The summed E-state index contributed by atoms with van der Waals surface area (Å²) >= 11 is 1.62. The predicted molar refractivity (Wildman–Crippen MR) is 95.0 cm³/mol. The molecule has 0 aliphatic heterocycles. The first-order chi connectivity index (χ1) is 11.4. The summed E-state index contributed by atoms with van der Waals surface area (Å²) in [5.74, 6) is 0.514. The van der Waals surface area contributed by atoms with Crippen LogP contribution in [-0.4, -0.2) is 20.8 Å². The normalized spacial score (nSPS) is 16.9. The summed E-state index contributed by atoms with van der Waals surface area (Å²) in [4.78, 5) is 17.0. The Morgan fingerprint density at radius 1 is 1.33 bits per heavy atom. The molecule has 2 amide bonds. The standard InChI is InChI=1S/C17H25N5OS/c1-10(2)22-8-14(7-18-22)12(4)20-17(23)21-15(13-5-6-13)16-19-11(3)9-24-16/h7-10,12-13,15H,5-6H2,1-4H3,(H2,20,21,23)/t12-,15+/m1/s1. The maximum Gasteiger partial charge on any atom is 0.315 e. The van der Waals surface area contributed by atoms with Crippen molar-refractivity contribution in [2.45, 2.75) is 58.7 Å². The molecule has 2 aromatic heterocycles. The first kappa shape index (κ1) is 17.0. The highest BCUT2D eigenvalue weighted by Crippen LogP contribution is 2.41. The summed E-state index contributed by atoms with van der Waals surface area (Å²) in [5, 5.41) is 13.5. The molecule has 0 spiro atoms. The molecule has 0 saturated heterocycles. The largest absolute Gasteiger partial charge is 0.332 e. The van der Waals surface area contributed by atoms with Crippen molar-refractivity contribution in [3.05, 3.63) is 34.0 Å². The van der Waals surface area contributed by atoms with Crippen LogP contribution in [0.5, 0.6) is 0 Å². The Kier molecular flexibility index (Phi) is 4.89. The highest BCUT2D eigenvalue weighted by Gasteiger charge is 2.35. The van der Waals surface area contributed by atoms with Crippen molar-refractivity contribution in [2.75, 3.05) is 0 Å². The molecule has 2 N–H and O–H groups in total. The van der Waals surface area contributed by atoms with Gasteiger partial charge in [0.1, 0.15) is 5.01 Å². The highest BCUT2D eigenvalue weighted by atomic mass is 32.1. The van der Waals surface area contributed by atoms with E-state index >= 15 is 0 Å². The molecule has 1 aliphatic carbocycles. The minimum Gasteiger partial charge on any atom is -0.332 e. The Bertz CT molecular complexity index is 703. The average Bonchev–Trinajstić information content (AvgIpc) is 3.06. The van der Waals surface area contributed by atoms with Gasteiger partial charge in [0.05, 0.1) is 18.3 Å². The van der Waals surface area contributed by atoms with Gasteiger partial charge in [-0.25, -0.2) is 9.78 Å². The number of carbonyl (C=O) groups excluding carboxylic acids is 1. The predicted octanol–water partition coefficient (Wildman–Crippen LogP) is 3.74. The van der Waals surface area contributed by atoms with Crippen LogP contribution in [0.15, 0.2) is 17.8 Å². The molecule has 2 atom stereocenters. The van der Waals surface area contributed by atoms with Crippen molar-refractivity contribution in [2.24, 2.45) is 5.92 Å². The first-order valence-corrected chi connectivity index (χ1v) is 9.35. The van der Waals surface area contributed by atoms with Crippen LogP contribution >= 0.6 is 11.3 Å². The fourth-order valence-electron chi connectivity index (χ4n) is 2.65. The molecule has 130 valence electrons. The number of nitrogens with one attached hydrogen (secondary N) is 2. The number of carbonyl (C=O) groups is 1. The number of aryl methyl sites for hydroxylation is 1. The maximum absolute atomic E-state index is 12.4. The molecule has 7 heteroatoms. The van der Waals surface area contributed by atoms with Gasteiger partial charge in [-0.3, -0.25) is 4.68 Å². The first-order valence-electron chi connectivity index (χ1n) is 8.47. The number of rotatable bonds is 6. The average molecular weight is 347 g/mol. The molecule has 0 aromatic carbocycles. The minimum absolute atomic E-state index is 0.0225. The molecule has 1 fully saturated rings. The highest BCUT2D eigenvalue weighted by molar-refractivity contribution is 7.09. The van der Waals surface area contributed by atoms with E-state index in [1.54, 1.807) is 11.3 Å².